The van der Waals surface area contributed by atoms with E-state index in [4.69, 9.17) is 4.74 Å². The maximum absolute atomic E-state index is 12.2. The van der Waals surface area contributed by atoms with E-state index >= 15 is 0 Å². The number of rotatable bonds is 5. The zero-order valence-corrected chi connectivity index (χ0v) is 14.4. The highest BCUT2D eigenvalue weighted by Gasteiger charge is 2.06. The zero-order valence-electron chi connectivity index (χ0n) is 14.4. The Hall–Kier alpha value is -3.07. The Kier molecular flexibility index (Phi) is 5.14. The highest BCUT2D eigenvalue weighted by atomic mass is 16.5. The van der Waals surface area contributed by atoms with E-state index in [9.17, 15) is 4.79 Å². The first-order chi connectivity index (χ1) is 12.1. The minimum atomic E-state index is -0.140. The molecule has 3 heteroatoms. The van der Waals surface area contributed by atoms with Gasteiger partial charge in [-0.2, -0.15) is 0 Å². The lowest BCUT2D eigenvalue weighted by atomic mass is 10.0. The quantitative estimate of drug-likeness (QED) is 0.636. The number of hydrogen-bond acceptors (Lipinski definition) is 2. The first-order valence-corrected chi connectivity index (χ1v) is 8.36. The van der Waals surface area contributed by atoms with Gasteiger partial charge in [0.05, 0.1) is 0 Å². The number of hydrogen-bond donors (Lipinski definition) is 1. The number of benzene rings is 3. The first kappa shape index (κ1) is 16.8. The molecule has 3 aromatic carbocycles. The van der Waals surface area contributed by atoms with Gasteiger partial charge in [-0.15, -0.1) is 0 Å². The topological polar surface area (TPSA) is 38.3 Å². The summed E-state index contributed by atoms with van der Waals surface area (Å²) >= 11 is 0. The fraction of sp³-hybridized carbons (Fsp3) is 0.136. The van der Waals surface area contributed by atoms with E-state index in [0.29, 0.717) is 22.9 Å². The van der Waals surface area contributed by atoms with Crippen LogP contribution >= 0.6 is 0 Å². The number of nitrogens with one attached hydrogen (secondary N) is 1. The molecule has 1 amide bonds. The average molecular weight is 331 g/mol. The highest BCUT2D eigenvalue weighted by Crippen LogP contribution is 2.26. The molecule has 0 saturated carbocycles. The van der Waals surface area contributed by atoms with E-state index in [0.717, 1.165) is 5.75 Å². The lowest BCUT2D eigenvalue weighted by Crippen LogP contribution is -2.11. The predicted molar refractivity (Wildman–Crippen MR) is 101 cm³/mol. The standard InChI is InChI=1S/C22H21NO2/c1-16(2)17-11-13-20(14-12-17)25-21-10-6-9-19(15-21)23-22(24)18-7-4-3-5-8-18/h3-16H,1-2H3,(H,23,24). The summed E-state index contributed by atoms with van der Waals surface area (Å²) in [6.07, 6.45) is 0. The van der Waals surface area contributed by atoms with Gasteiger partial charge < -0.3 is 10.1 Å². The lowest BCUT2D eigenvalue weighted by Gasteiger charge is -2.10. The van der Waals surface area contributed by atoms with Crippen LogP contribution in [0, 0.1) is 0 Å². The molecule has 1 N–H and O–H groups in total. The highest BCUT2D eigenvalue weighted by molar-refractivity contribution is 6.04. The van der Waals surface area contributed by atoms with Crippen molar-refractivity contribution in [1.29, 1.82) is 0 Å². The van der Waals surface area contributed by atoms with E-state index in [1.165, 1.54) is 5.56 Å². The summed E-state index contributed by atoms with van der Waals surface area (Å²) in [5, 5.41) is 2.89. The second kappa shape index (κ2) is 7.67. The number of anilines is 1. The van der Waals surface area contributed by atoms with Crippen molar-refractivity contribution in [2.24, 2.45) is 0 Å². The SMILES string of the molecule is CC(C)c1ccc(Oc2cccc(NC(=O)c3ccccc3)c2)cc1. The fourth-order valence-electron chi connectivity index (χ4n) is 2.49. The third-order valence-electron chi connectivity index (χ3n) is 3.91. The van der Waals surface area contributed by atoms with Gasteiger partial charge >= 0.3 is 0 Å². The van der Waals surface area contributed by atoms with Crippen LogP contribution in [0.25, 0.3) is 0 Å². The van der Waals surface area contributed by atoms with Crippen molar-refractivity contribution in [2.75, 3.05) is 5.32 Å². The molecule has 0 unspecified atom stereocenters. The molecule has 0 bridgehead atoms. The molecule has 0 fully saturated rings. The molecule has 0 spiro atoms. The average Bonchev–Trinajstić information content (AvgIpc) is 2.63. The molecule has 0 aromatic heterocycles. The van der Waals surface area contributed by atoms with Gasteiger partial charge in [0.1, 0.15) is 11.5 Å². The number of carbonyl (C=O) groups is 1. The summed E-state index contributed by atoms with van der Waals surface area (Å²) in [5.74, 6) is 1.81. The minimum Gasteiger partial charge on any atom is -0.457 e. The number of carbonyl (C=O) groups excluding carboxylic acids is 1. The fourth-order valence-corrected chi connectivity index (χ4v) is 2.49. The maximum Gasteiger partial charge on any atom is 0.255 e. The van der Waals surface area contributed by atoms with Gasteiger partial charge in [-0.3, -0.25) is 4.79 Å². The molecular formula is C22H21NO2. The van der Waals surface area contributed by atoms with Gasteiger partial charge in [-0.25, -0.2) is 0 Å². The van der Waals surface area contributed by atoms with Crippen molar-refractivity contribution >= 4 is 11.6 Å². The summed E-state index contributed by atoms with van der Waals surface area (Å²) in [5.41, 5.74) is 2.60. The predicted octanol–water partition coefficient (Wildman–Crippen LogP) is 5.85. The van der Waals surface area contributed by atoms with Gasteiger partial charge in [0.15, 0.2) is 0 Å². The minimum absolute atomic E-state index is 0.140. The van der Waals surface area contributed by atoms with E-state index in [-0.39, 0.29) is 5.91 Å². The van der Waals surface area contributed by atoms with Crippen LogP contribution in [0.3, 0.4) is 0 Å². The van der Waals surface area contributed by atoms with Crippen LogP contribution < -0.4 is 10.1 Å². The smallest absolute Gasteiger partial charge is 0.255 e. The van der Waals surface area contributed by atoms with Gasteiger partial charge in [-0.05, 0) is 47.9 Å². The molecule has 0 aliphatic rings. The third kappa shape index (κ3) is 4.48. The van der Waals surface area contributed by atoms with E-state index < -0.39 is 0 Å². The summed E-state index contributed by atoms with van der Waals surface area (Å²) in [4.78, 5) is 12.2. The first-order valence-electron chi connectivity index (χ1n) is 8.36. The van der Waals surface area contributed by atoms with Gasteiger partial charge in [0.2, 0.25) is 0 Å². The van der Waals surface area contributed by atoms with Crippen LogP contribution in [0.15, 0.2) is 78.9 Å². The molecule has 0 aliphatic carbocycles. The molecular weight excluding hydrogens is 310 g/mol. The van der Waals surface area contributed by atoms with Crippen molar-refractivity contribution in [3.05, 3.63) is 90.0 Å². The molecule has 126 valence electrons. The van der Waals surface area contributed by atoms with Gasteiger partial charge in [0, 0.05) is 17.3 Å². The van der Waals surface area contributed by atoms with Crippen molar-refractivity contribution in [3.8, 4) is 11.5 Å². The number of amides is 1. The molecule has 0 heterocycles. The molecule has 0 atom stereocenters. The Morgan fingerprint density at radius 3 is 2.24 bits per heavy atom. The van der Waals surface area contributed by atoms with Crippen molar-refractivity contribution in [1.82, 2.24) is 0 Å². The molecule has 3 nitrogen and oxygen atoms in total. The Morgan fingerprint density at radius 2 is 1.56 bits per heavy atom. The van der Waals surface area contributed by atoms with Gasteiger partial charge in [0.25, 0.3) is 5.91 Å². The molecule has 25 heavy (non-hydrogen) atoms. The maximum atomic E-state index is 12.2. The number of ether oxygens (including phenoxy) is 1. The Bertz CT molecular complexity index is 839. The summed E-state index contributed by atoms with van der Waals surface area (Å²) in [6.45, 7) is 4.32. The summed E-state index contributed by atoms with van der Waals surface area (Å²) in [6, 6.07) is 24.6. The second-order valence-electron chi connectivity index (χ2n) is 6.17. The van der Waals surface area contributed by atoms with Crippen LogP contribution in [-0.2, 0) is 0 Å². The summed E-state index contributed by atoms with van der Waals surface area (Å²) < 4.78 is 5.89. The normalized spacial score (nSPS) is 10.5. The largest absolute Gasteiger partial charge is 0.457 e. The van der Waals surface area contributed by atoms with Crippen molar-refractivity contribution in [3.63, 3.8) is 0 Å². The van der Waals surface area contributed by atoms with Crippen molar-refractivity contribution < 1.29 is 9.53 Å². The van der Waals surface area contributed by atoms with Crippen molar-refractivity contribution in [2.45, 2.75) is 19.8 Å². The molecule has 0 radical (unpaired) electrons. The Labute approximate surface area is 148 Å². The molecule has 0 saturated heterocycles. The third-order valence-corrected chi connectivity index (χ3v) is 3.91. The van der Waals surface area contributed by atoms with E-state index in [2.05, 4.69) is 31.3 Å². The van der Waals surface area contributed by atoms with Crippen LogP contribution in [-0.4, -0.2) is 5.91 Å². The second-order valence-corrected chi connectivity index (χ2v) is 6.17. The van der Waals surface area contributed by atoms with Crippen LogP contribution in [0.5, 0.6) is 11.5 Å². The molecule has 3 rings (SSSR count). The summed E-state index contributed by atoms with van der Waals surface area (Å²) in [7, 11) is 0. The lowest BCUT2D eigenvalue weighted by molar-refractivity contribution is 0.102. The van der Waals surface area contributed by atoms with E-state index in [1.54, 1.807) is 12.1 Å². The van der Waals surface area contributed by atoms with Crippen LogP contribution in [0.1, 0.15) is 35.7 Å². The van der Waals surface area contributed by atoms with Crippen LogP contribution in [0.2, 0.25) is 0 Å². The van der Waals surface area contributed by atoms with E-state index in [1.807, 2.05) is 54.6 Å². The monoisotopic (exact) mass is 331 g/mol. The Balaban J connectivity index is 1.70. The molecule has 3 aromatic rings. The zero-order chi connectivity index (χ0) is 17.6. The van der Waals surface area contributed by atoms with Crippen LogP contribution in [0.4, 0.5) is 5.69 Å². The molecule has 0 aliphatic heterocycles. The van der Waals surface area contributed by atoms with Gasteiger partial charge in [-0.1, -0.05) is 50.2 Å². The Morgan fingerprint density at radius 1 is 0.840 bits per heavy atom.